The number of carbonyl (C=O) groups is 2. The van der Waals surface area contributed by atoms with E-state index in [1.54, 1.807) is 25.1 Å². The van der Waals surface area contributed by atoms with Gasteiger partial charge in [0.25, 0.3) is 0 Å². The highest BCUT2D eigenvalue weighted by Gasteiger charge is 2.48. The van der Waals surface area contributed by atoms with Crippen LogP contribution in [0.1, 0.15) is 68.4 Å². The molecule has 1 amide bonds. The molecule has 0 bridgehead atoms. The molecule has 10 heteroatoms. The summed E-state index contributed by atoms with van der Waals surface area (Å²) in [6.07, 6.45) is -4.28. The van der Waals surface area contributed by atoms with Gasteiger partial charge in [-0.05, 0) is 56.5 Å². The van der Waals surface area contributed by atoms with Gasteiger partial charge in [-0.3, -0.25) is 14.9 Å². The van der Waals surface area contributed by atoms with Crippen molar-refractivity contribution in [2.75, 3.05) is 0 Å². The van der Waals surface area contributed by atoms with Gasteiger partial charge >= 0.3 is 6.18 Å². The lowest BCUT2D eigenvalue weighted by Crippen LogP contribution is -2.53. The molecule has 1 aromatic heterocycles. The first-order valence-corrected chi connectivity index (χ1v) is 12.0. The first-order chi connectivity index (χ1) is 17.2. The normalized spacial score (nSPS) is 16.8. The van der Waals surface area contributed by atoms with E-state index in [4.69, 9.17) is 4.42 Å². The Balaban J connectivity index is 1.70. The lowest BCUT2D eigenvalue weighted by atomic mass is 9.96. The minimum absolute atomic E-state index is 0.0707. The summed E-state index contributed by atoms with van der Waals surface area (Å²) in [6.45, 7) is 4.08. The number of amides is 1. The van der Waals surface area contributed by atoms with Gasteiger partial charge in [-0.1, -0.05) is 19.1 Å². The standard InChI is InChI=1S/C27H27F4N3O3/c1-4-20(35)15-6-8-21-18(11-15)17-7-5-16(12-22(17)37-21)23(27(29,30)31)33-19(13-25(2,3)28)24(36)34-26(14-32)9-10-26/h5-8,11-12,19,23,33H,4,9-10,13H2,1-3H3,(H,34,36). The van der Waals surface area contributed by atoms with Gasteiger partial charge in [-0.25, -0.2) is 4.39 Å². The summed E-state index contributed by atoms with van der Waals surface area (Å²) in [7, 11) is 0. The van der Waals surface area contributed by atoms with Crippen LogP contribution in [0.4, 0.5) is 17.6 Å². The molecule has 196 valence electrons. The van der Waals surface area contributed by atoms with Crippen LogP contribution in [0.15, 0.2) is 40.8 Å². The molecular weight excluding hydrogens is 490 g/mol. The summed E-state index contributed by atoms with van der Waals surface area (Å²) in [5.74, 6) is -0.935. The van der Waals surface area contributed by atoms with Gasteiger partial charge in [0, 0.05) is 29.2 Å². The summed E-state index contributed by atoms with van der Waals surface area (Å²) < 4.78 is 63.0. The van der Waals surface area contributed by atoms with Crippen LogP contribution < -0.4 is 10.6 Å². The molecular formula is C27H27F4N3O3. The number of ketones is 1. The Morgan fingerprint density at radius 2 is 1.78 bits per heavy atom. The van der Waals surface area contributed by atoms with E-state index in [0.29, 0.717) is 41.2 Å². The molecule has 1 saturated carbocycles. The number of Topliss-reactive ketones (excluding diaryl/α,β-unsaturated/α-hetero) is 1. The number of carbonyl (C=O) groups excluding carboxylic acids is 2. The Kier molecular flexibility index (Phi) is 6.80. The minimum atomic E-state index is -4.83. The third-order valence-electron chi connectivity index (χ3n) is 6.50. The molecule has 4 rings (SSSR count). The Bertz CT molecular complexity index is 1390. The second-order valence-electron chi connectivity index (χ2n) is 10.1. The number of hydrogen-bond donors (Lipinski definition) is 2. The van der Waals surface area contributed by atoms with E-state index in [2.05, 4.69) is 10.6 Å². The van der Waals surface area contributed by atoms with E-state index < -0.39 is 41.8 Å². The van der Waals surface area contributed by atoms with E-state index in [1.165, 1.54) is 32.0 Å². The molecule has 0 spiro atoms. The number of hydrogen-bond acceptors (Lipinski definition) is 5. The van der Waals surface area contributed by atoms with E-state index in [-0.39, 0.29) is 16.9 Å². The second-order valence-corrected chi connectivity index (χ2v) is 10.1. The molecule has 2 atom stereocenters. The summed E-state index contributed by atoms with van der Waals surface area (Å²) in [5.41, 5.74) is -2.22. The fraction of sp³-hybridized carbons (Fsp3) is 0.444. The Morgan fingerprint density at radius 1 is 1.08 bits per heavy atom. The molecule has 37 heavy (non-hydrogen) atoms. The maximum atomic E-state index is 14.5. The van der Waals surface area contributed by atoms with Crippen LogP contribution in [-0.2, 0) is 4.79 Å². The number of nitrogens with zero attached hydrogens (tertiary/aromatic N) is 1. The van der Waals surface area contributed by atoms with Crippen molar-refractivity contribution in [3.05, 3.63) is 47.5 Å². The summed E-state index contributed by atoms with van der Waals surface area (Å²) in [4.78, 5) is 25.0. The Hall–Kier alpha value is -3.45. The van der Waals surface area contributed by atoms with Gasteiger partial charge in [0.15, 0.2) is 5.78 Å². The molecule has 1 fully saturated rings. The SMILES string of the molecule is CCC(=O)c1ccc2oc3cc(C(NC(CC(C)(C)F)C(=O)NC4(C#N)CC4)C(F)(F)F)ccc3c2c1. The lowest BCUT2D eigenvalue weighted by Gasteiger charge is -2.30. The number of fused-ring (bicyclic) bond motifs is 3. The number of furan rings is 1. The zero-order valence-electron chi connectivity index (χ0n) is 20.6. The number of halogens is 4. The average Bonchev–Trinajstić information content (AvgIpc) is 3.50. The zero-order valence-corrected chi connectivity index (χ0v) is 20.6. The van der Waals surface area contributed by atoms with Gasteiger partial charge in [0.05, 0.1) is 12.1 Å². The van der Waals surface area contributed by atoms with Crippen molar-refractivity contribution in [2.45, 2.75) is 75.9 Å². The highest BCUT2D eigenvalue weighted by molar-refractivity contribution is 6.08. The molecule has 6 nitrogen and oxygen atoms in total. The quantitative estimate of drug-likeness (QED) is 0.266. The number of nitriles is 1. The van der Waals surface area contributed by atoms with Crippen LogP contribution in [0.3, 0.4) is 0 Å². The highest BCUT2D eigenvalue weighted by Crippen LogP contribution is 2.38. The molecule has 1 aliphatic carbocycles. The average molecular weight is 518 g/mol. The Labute approximate surface area is 211 Å². The highest BCUT2D eigenvalue weighted by atomic mass is 19.4. The topological polar surface area (TPSA) is 95.1 Å². The van der Waals surface area contributed by atoms with E-state index in [0.717, 1.165) is 0 Å². The van der Waals surface area contributed by atoms with Crippen molar-refractivity contribution in [1.29, 1.82) is 5.26 Å². The van der Waals surface area contributed by atoms with Crippen molar-refractivity contribution >= 4 is 33.6 Å². The summed E-state index contributed by atoms with van der Waals surface area (Å²) in [5, 5.41) is 15.2. The van der Waals surface area contributed by atoms with E-state index >= 15 is 0 Å². The van der Waals surface area contributed by atoms with Gasteiger partial charge in [-0.2, -0.15) is 18.4 Å². The van der Waals surface area contributed by atoms with Crippen LogP contribution >= 0.6 is 0 Å². The number of benzene rings is 2. The maximum Gasteiger partial charge on any atom is 0.407 e. The molecule has 3 aromatic rings. The number of rotatable bonds is 9. The fourth-order valence-corrected chi connectivity index (χ4v) is 4.36. The third kappa shape index (κ3) is 5.77. The third-order valence-corrected chi connectivity index (χ3v) is 6.50. The molecule has 2 unspecified atom stereocenters. The predicted molar refractivity (Wildman–Crippen MR) is 130 cm³/mol. The molecule has 0 radical (unpaired) electrons. The van der Waals surface area contributed by atoms with E-state index in [1.807, 2.05) is 6.07 Å². The summed E-state index contributed by atoms with van der Waals surface area (Å²) >= 11 is 0. The van der Waals surface area contributed by atoms with Crippen molar-refractivity contribution < 1.29 is 31.6 Å². The van der Waals surface area contributed by atoms with Crippen molar-refractivity contribution in [3.8, 4) is 6.07 Å². The smallest absolute Gasteiger partial charge is 0.407 e. The molecule has 0 aliphatic heterocycles. The number of nitrogens with one attached hydrogen (secondary N) is 2. The van der Waals surface area contributed by atoms with Crippen LogP contribution in [0.25, 0.3) is 21.9 Å². The molecule has 1 heterocycles. The first-order valence-electron chi connectivity index (χ1n) is 12.0. The van der Waals surface area contributed by atoms with Gasteiger partial charge < -0.3 is 9.73 Å². The minimum Gasteiger partial charge on any atom is -0.456 e. The maximum absolute atomic E-state index is 14.5. The van der Waals surface area contributed by atoms with Gasteiger partial charge in [0.2, 0.25) is 5.91 Å². The first kappa shape index (κ1) is 26.6. The molecule has 1 aliphatic rings. The number of alkyl halides is 4. The van der Waals surface area contributed by atoms with Crippen LogP contribution in [0.5, 0.6) is 0 Å². The van der Waals surface area contributed by atoms with Crippen LogP contribution in [-0.4, -0.2) is 35.1 Å². The molecule has 2 N–H and O–H groups in total. The van der Waals surface area contributed by atoms with Gasteiger partial charge in [0.1, 0.15) is 28.4 Å². The molecule has 0 saturated heterocycles. The fourth-order valence-electron chi connectivity index (χ4n) is 4.36. The zero-order chi connectivity index (χ0) is 27.2. The Morgan fingerprint density at radius 3 is 2.35 bits per heavy atom. The van der Waals surface area contributed by atoms with Crippen molar-refractivity contribution in [1.82, 2.24) is 10.6 Å². The van der Waals surface area contributed by atoms with E-state index in [9.17, 15) is 32.4 Å². The van der Waals surface area contributed by atoms with Crippen LogP contribution in [0.2, 0.25) is 0 Å². The van der Waals surface area contributed by atoms with Crippen molar-refractivity contribution in [3.63, 3.8) is 0 Å². The van der Waals surface area contributed by atoms with Crippen molar-refractivity contribution in [2.24, 2.45) is 0 Å². The second kappa shape index (κ2) is 9.45. The lowest BCUT2D eigenvalue weighted by molar-refractivity contribution is -0.161. The monoisotopic (exact) mass is 517 g/mol. The van der Waals surface area contributed by atoms with Gasteiger partial charge in [-0.15, -0.1) is 0 Å². The van der Waals surface area contributed by atoms with Crippen LogP contribution in [0, 0.1) is 11.3 Å². The largest absolute Gasteiger partial charge is 0.456 e. The molecule has 2 aromatic carbocycles. The summed E-state index contributed by atoms with van der Waals surface area (Å²) in [6, 6.07) is 6.93. The predicted octanol–water partition coefficient (Wildman–Crippen LogP) is 6.05.